The average molecular weight is 423 g/mol. The number of hydrogen-bond acceptors (Lipinski definition) is 6. The van der Waals surface area contributed by atoms with Gasteiger partial charge in [0.15, 0.2) is 0 Å². The van der Waals surface area contributed by atoms with Gasteiger partial charge in [-0.3, -0.25) is 10.1 Å². The van der Waals surface area contributed by atoms with E-state index in [1.165, 1.54) is 6.92 Å². The number of hydrogen-bond donors (Lipinski definition) is 1. The first-order chi connectivity index (χ1) is 12.2. The lowest BCUT2D eigenvalue weighted by Crippen LogP contribution is -2.13. The number of rotatable bonds is 3. The zero-order chi connectivity index (χ0) is 19.1. The highest BCUT2D eigenvalue weighted by Crippen LogP contribution is 2.37. The molecule has 2 heterocycles. The summed E-state index contributed by atoms with van der Waals surface area (Å²) in [6.07, 6.45) is -4.65. The largest absolute Gasteiger partial charge is 0.445 e. The first-order valence-electron chi connectivity index (χ1n) is 6.81. The van der Waals surface area contributed by atoms with Crippen molar-refractivity contribution in [3.63, 3.8) is 0 Å². The molecule has 0 unspecified atom stereocenters. The molecule has 0 aliphatic rings. The van der Waals surface area contributed by atoms with Crippen LogP contribution in [-0.4, -0.2) is 21.3 Å². The van der Waals surface area contributed by atoms with E-state index in [1.54, 1.807) is 18.2 Å². The molecule has 26 heavy (non-hydrogen) atoms. The summed E-state index contributed by atoms with van der Waals surface area (Å²) in [4.78, 5) is 12.5. The summed E-state index contributed by atoms with van der Waals surface area (Å²) in [5.41, 5.74) is 0.311. The van der Waals surface area contributed by atoms with Crippen LogP contribution < -0.4 is 5.32 Å². The SMILES string of the molecule is Cc1onc(-c2c(Cl)cccc2Cl)c1C(=O)Nc1nnc(C(F)(F)F)s1. The molecule has 3 rings (SSSR count). The molecule has 0 spiro atoms. The first-order valence-corrected chi connectivity index (χ1v) is 8.38. The van der Waals surface area contributed by atoms with Crippen LogP contribution in [0.15, 0.2) is 22.7 Å². The molecule has 0 fully saturated rings. The lowest BCUT2D eigenvalue weighted by Gasteiger charge is -2.06. The van der Waals surface area contributed by atoms with E-state index in [0.29, 0.717) is 0 Å². The number of anilines is 1. The fraction of sp³-hybridized carbons (Fsp3) is 0.143. The van der Waals surface area contributed by atoms with Crippen LogP contribution in [0.25, 0.3) is 11.3 Å². The predicted octanol–water partition coefficient (Wildman–Crippen LogP) is 5.08. The van der Waals surface area contributed by atoms with Gasteiger partial charge in [-0.25, -0.2) is 0 Å². The van der Waals surface area contributed by atoms with Gasteiger partial charge in [0.05, 0.1) is 10.0 Å². The topological polar surface area (TPSA) is 80.9 Å². The van der Waals surface area contributed by atoms with E-state index in [1.807, 2.05) is 0 Å². The smallest absolute Gasteiger partial charge is 0.360 e. The summed E-state index contributed by atoms with van der Waals surface area (Å²) in [5, 5.41) is 11.3. The van der Waals surface area contributed by atoms with Gasteiger partial charge in [0.2, 0.25) is 10.1 Å². The molecule has 1 amide bonds. The number of carbonyl (C=O) groups excluding carboxylic acids is 1. The highest BCUT2D eigenvalue weighted by Gasteiger charge is 2.36. The predicted molar refractivity (Wildman–Crippen MR) is 89.6 cm³/mol. The standard InChI is InChI=1S/C14H7Cl2F3N4O2S/c1-5-8(10(23-25-5)9-6(15)3-2-4-7(9)16)11(24)20-13-22-21-12(26-13)14(17,18)19/h2-4H,1H3,(H,20,22,24). The van der Waals surface area contributed by atoms with E-state index < -0.39 is 17.1 Å². The Kier molecular flexibility index (Phi) is 4.91. The Balaban J connectivity index is 1.96. The van der Waals surface area contributed by atoms with Gasteiger partial charge in [-0.15, -0.1) is 10.2 Å². The van der Waals surface area contributed by atoms with Crippen LogP contribution in [0.5, 0.6) is 0 Å². The molecular weight excluding hydrogens is 416 g/mol. The summed E-state index contributed by atoms with van der Waals surface area (Å²) in [6.45, 7) is 1.47. The Labute approximate surface area is 157 Å². The summed E-state index contributed by atoms with van der Waals surface area (Å²) in [7, 11) is 0. The minimum absolute atomic E-state index is 0.0243. The fourth-order valence-corrected chi connectivity index (χ4v) is 3.26. The third kappa shape index (κ3) is 3.53. The molecule has 3 aromatic rings. The minimum atomic E-state index is -4.65. The summed E-state index contributed by atoms with van der Waals surface area (Å²) in [5.74, 6) is -0.645. The third-order valence-corrected chi connectivity index (χ3v) is 4.69. The molecule has 136 valence electrons. The molecule has 2 aromatic heterocycles. The Morgan fingerprint density at radius 1 is 1.23 bits per heavy atom. The molecule has 12 heteroatoms. The normalized spacial score (nSPS) is 11.6. The Morgan fingerprint density at radius 2 is 1.88 bits per heavy atom. The van der Waals surface area contributed by atoms with E-state index >= 15 is 0 Å². The molecule has 0 radical (unpaired) electrons. The van der Waals surface area contributed by atoms with Crippen molar-refractivity contribution in [1.82, 2.24) is 15.4 Å². The number of benzene rings is 1. The molecule has 0 saturated carbocycles. The van der Waals surface area contributed by atoms with Crippen molar-refractivity contribution in [3.8, 4) is 11.3 Å². The molecule has 1 N–H and O–H groups in total. The number of nitrogens with one attached hydrogen (secondary N) is 1. The minimum Gasteiger partial charge on any atom is -0.360 e. The van der Waals surface area contributed by atoms with E-state index in [9.17, 15) is 18.0 Å². The maximum Gasteiger partial charge on any atom is 0.445 e. The second-order valence-corrected chi connectivity index (χ2v) is 6.72. The molecular formula is C14H7Cl2F3N4O2S. The van der Waals surface area contributed by atoms with Crippen LogP contribution in [0.2, 0.25) is 10.0 Å². The maximum atomic E-state index is 12.6. The first kappa shape index (κ1) is 18.6. The highest BCUT2D eigenvalue weighted by atomic mass is 35.5. The van der Waals surface area contributed by atoms with E-state index in [2.05, 4.69) is 20.7 Å². The number of halogens is 5. The van der Waals surface area contributed by atoms with E-state index in [4.69, 9.17) is 27.7 Å². The number of amides is 1. The van der Waals surface area contributed by atoms with Crippen molar-refractivity contribution in [1.29, 1.82) is 0 Å². The zero-order valence-electron chi connectivity index (χ0n) is 12.7. The van der Waals surface area contributed by atoms with Gasteiger partial charge in [-0.2, -0.15) is 13.2 Å². The number of nitrogens with zero attached hydrogens (tertiary/aromatic N) is 3. The van der Waals surface area contributed by atoms with Crippen molar-refractivity contribution < 1.29 is 22.5 Å². The molecule has 0 atom stereocenters. The van der Waals surface area contributed by atoms with Gasteiger partial charge in [-0.05, 0) is 19.1 Å². The van der Waals surface area contributed by atoms with Crippen molar-refractivity contribution in [3.05, 3.63) is 44.6 Å². The molecule has 6 nitrogen and oxygen atoms in total. The quantitative estimate of drug-likeness (QED) is 0.636. The van der Waals surface area contributed by atoms with Crippen LogP contribution in [-0.2, 0) is 6.18 Å². The maximum absolute atomic E-state index is 12.6. The molecule has 0 saturated heterocycles. The third-order valence-electron chi connectivity index (χ3n) is 3.18. The van der Waals surface area contributed by atoms with Crippen LogP contribution in [0, 0.1) is 6.92 Å². The van der Waals surface area contributed by atoms with Gasteiger partial charge in [-0.1, -0.05) is 45.8 Å². The Hall–Kier alpha value is -2.17. The van der Waals surface area contributed by atoms with Crippen molar-refractivity contribution >= 4 is 45.6 Å². The van der Waals surface area contributed by atoms with Crippen LogP contribution in [0.3, 0.4) is 0 Å². The van der Waals surface area contributed by atoms with E-state index in [0.717, 1.165) is 0 Å². The van der Waals surface area contributed by atoms with Crippen molar-refractivity contribution in [2.24, 2.45) is 0 Å². The number of alkyl halides is 3. The van der Waals surface area contributed by atoms with Gasteiger partial charge >= 0.3 is 6.18 Å². The Bertz CT molecular complexity index is 967. The molecule has 1 aromatic carbocycles. The van der Waals surface area contributed by atoms with Gasteiger partial charge in [0, 0.05) is 5.56 Å². The highest BCUT2D eigenvalue weighted by molar-refractivity contribution is 7.15. The number of aryl methyl sites for hydroxylation is 1. The van der Waals surface area contributed by atoms with Crippen LogP contribution in [0.4, 0.5) is 18.3 Å². The number of carbonyl (C=O) groups is 1. The molecule has 0 aliphatic heterocycles. The fourth-order valence-electron chi connectivity index (χ4n) is 2.08. The van der Waals surface area contributed by atoms with Crippen LogP contribution in [0.1, 0.15) is 21.1 Å². The van der Waals surface area contributed by atoms with E-state index in [-0.39, 0.29) is 49.1 Å². The Morgan fingerprint density at radius 3 is 2.46 bits per heavy atom. The van der Waals surface area contributed by atoms with Crippen LogP contribution >= 0.6 is 34.5 Å². The van der Waals surface area contributed by atoms with Gasteiger partial charge in [0.1, 0.15) is 17.0 Å². The van der Waals surface area contributed by atoms with Gasteiger partial charge in [0.25, 0.3) is 5.91 Å². The summed E-state index contributed by atoms with van der Waals surface area (Å²) >= 11 is 12.4. The summed E-state index contributed by atoms with van der Waals surface area (Å²) in [6, 6.07) is 4.71. The van der Waals surface area contributed by atoms with Gasteiger partial charge < -0.3 is 4.52 Å². The molecule has 0 aliphatic carbocycles. The zero-order valence-corrected chi connectivity index (χ0v) is 15.0. The average Bonchev–Trinajstić information content (AvgIpc) is 3.14. The molecule has 0 bridgehead atoms. The van der Waals surface area contributed by atoms with Crippen molar-refractivity contribution in [2.75, 3.05) is 5.32 Å². The lowest BCUT2D eigenvalue weighted by molar-refractivity contribution is -0.138. The second-order valence-electron chi connectivity index (χ2n) is 4.92. The van der Waals surface area contributed by atoms with Crippen molar-refractivity contribution in [2.45, 2.75) is 13.1 Å². The second kappa shape index (κ2) is 6.86. The monoisotopic (exact) mass is 422 g/mol. The summed E-state index contributed by atoms with van der Waals surface area (Å²) < 4.78 is 42.8. The number of aromatic nitrogens is 3. The lowest BCUT2D eigenvalue weighted by atomic mass is 10.1.